The second kappa shape index (κ2) is 9.56. The van der Waals surface area contributed by atoms with E-state index in [0.29, 0.717) is 29.9 Å². The maximum Gasteiger partial charge on any atom is 0.309 e. The van der Waals surface area contributed by atoms with Crippen molar-refractivity contribution in [3.8, 4) is 0 Å². The fourth-order valence-corrected chi connectivity index (χ4v) is 5.56. The molecule has 0 radical (unpaired) electrons. The maximum absolute atomic E-state index is 14.7. The highest BCUT2D eigenvalue weighted by Crippen LogP contribution is 2.56. The summed E-state index contributed by atoms with van der Waals surface area (Å²) in [5, 5.41) is 22.1. The van der Waals surface area contributed by atoms with E-state index in [1.54, 1.807) is 17.0 Å². The number of halogens is 2. The highest BCUT2D eigenvalue weighted by molar-refractivity contribution is 7.86. The lowest BCUT2D eigenvalue weighted by atomic mass is 9.88. The van der Waals surface area contributed by atoms with Gasteiger partial charge < -0.3 is 20.7 Å². The molecule has 10 nitrogen and oxygen atoms in total. The van der Waals surface area contributed by atoms with Crippen LogP contribution in [-0.2, 0) is 21.3 Å². The number of alkyl halides is 2. The van der Waals surface area contributed by atoms with Gasteiger partial charge in [-0.1, -0.05) is 30.3 Å². The van der Waals surface area contributed by atoms with Crippen LogP contribution in [0.3, 0.4) is 0 Å². The molecule has 5 unspecified atom stereocenters. The van der Waals surface area contributed by atoms with Gasteiger partial charge in [-0.15, -0.1) is 0 Å². The van der Waals surface area contributed by atoms with Crippen molar-refractivity contribution in [3.05, 3.63) is 59.5 Å². The number of fused-ring (bicyclic) bond motifs is 2. The standard InChI is InChI=1S/C23H26F2N6O4S/c24-23(25)19(32)15-5-1-2-6-16(15)22(23,33)9-3-4-10-36(34)30-11-14-7-8-17(35-14)31-13-29-18-20(26)27-12-28-21(18)31/h1-2,4-6,10,12-14,17,19,30,32-33H,3,7-9,11H2,(H2,26,27,28)/b10-4+. The van der Waals surface area contributed by atoms with Crippen LogP contribution in [0.15, 0.2) is 48.4 Å². The summed E-state index contributed by atoms with van der Waals surface area (Å²) in [6.07, 6.45) is 3.05. The highest BCUT2D eigenvalue weighted by Gasteiger charge is 2.64. The molecule has 1 saturated heterocycles. The molecule has 5 rings (SSSR count). The Balaban J connectivity index is 1.12. The second-order valence-corrected chi connectivity index (χ2v) is 10.1. The van der Waals surface area contributed by atoms with Gasteiger partial charge in [0.05, 0.1) is 12.4 Å². The molecule has 2 aromatic heterocycles. The third-order valence-corrected chi connectivity index (χ3v) is 7.61. The van der Waals surface area contributed by atoms with Gasteiger partial charge >= 0.3 is 5.92 Å². The SMILES string of the molecule is Nc1ncnc2c1ncn2C1CCC(CNS(=O)/C=C/CCC2(O)c3ccccc3C(O)C2(F)F)O1. The van der Waals surface area contributed by atoms with E-state index in [-0.39, 0.29) is 36.3 Å². The summed E-state index contributed by atoms with van der Waals surface area (Å²) >= 11 is 0. The Morgan fingerprint density at radius 3 is 2.92 bits per heavy atom. The van der Waals surface area contributed by atoms with Crippen molar-refractivity contribution in [3.63, 3.8) is 0 Å². The summed E-state index contributed by atoms with van der Waals surface area (Å²) in [5.41, 5.74) is 4.46. The largest absolute Gasteiger partial charge is 0.382 e. The summed E-state index contributed by atoms with van der Waals surface area (Å²) < 4.78 is 52.4. The molecule has 0 saturated carbocycles. The number of rotatable bonds is 8. The van der Waals surface area contributed by atoms with Gasteiger partial charge in [-0.3, -0.25) is 4.57 Å². The smallest absolute Gasteiger partial charge is 0.309 e. The minimum absolute atomic E-state index is 0.0166. The Morgan fingerprint density at radius 1 is 1.28 bits per heavy atom. The van der Waals surface area contributed by atoms with Crippen LogP contribution in [0.1, 0.15) is 49.1 Å². The fourth-order valence-electron chi connectivity index (χ4n) is 4.81. The maximum atomic E-state index is 14.7. The van der Waals surface area contributed by atoms with E-state index in [1.165, 1.54) is 36.0 Å². The number of hydrogen-bond acceptors (Lipinski definition) is 8. The Morgan fingerprint density at radius 2 is 2.08 bits per heavy atom. The van der Waals surface area contributed by atoms with Crippen molar-refractivity contribution in [1.29, 1.82) is 0 Å². The molecular weight excluding hydrogens is 494 g/mol. The molecule has 2 aliphatic rings. The van der Waals surface area contributed by atoms with Gasteiger partial charge in [0.1, 0.15) is 35.2 Å². The molecule has 1 aliphatic heterocycles. The second-order valence-electron chi connectivity index (χ2n) is 8.90. The van der Waals surface area contributed by atoms with E-state index < -0.39 is 28.6 Å². The van der Waals surface area contributed by atoms with Gasteiger partial charge in [-0.2, -0.15) is 8.78 Å². The van der Waals surface area contributed by atoms with Crippen molar-refractivity contribution in [2.75, 3.05) is 12.3 Å². The highest BCUT2D eigenvalue weighted by atomic mass is 32.2. The molecule has 1 fully saturated rings. The van der Waals surface area contributed by atoms with E-state index >= 15 is 0 Å². The molecule has 3 aromatic rings. The number of anilines is 1. The minimum Gasteiger partial charge on any atom is -0.382 e. The van der Waals surface area contributed by atoms with Crippen molar-refractivity contribution in [2.45, 2.75) is 55.6 Å². The van der Waals surface area contributed by atoms with Gasteiger partial charge in [-0.05, 0) is 36.8 Å². The normalized spacial score (nSPS) is 28.2. The van der Waals surface area contributed by atoms with Gasteiger partial charge in [0.25, 0.3) is 0 Å². The molecule has 5 N–H and O–H groups in total. The van der Waals surface area contributed by atoms with Crippen LogP contribution >= 0.6 is 0 Å². The molecule has 1 aliphatic carbocycles. The predicted octanol–water partition coefficient (Wildman–Crippen LogP) is 2.20. The van der Waals surface area contributed by atoms with Crippen LogP contribution in [0.4, 0.5) is 14.6 Å². The average molecular weight is 521 g/mol. The summed E-state index contributed by atoms with van der Waals surface area (Å²) in [6.45, 7) is 0.318. The number of allylic oxidation sites excluding steroid dienone is 1. The number of nitrogens with zero attached hydrogens (tertiary/aromatic N) is 4. The van der Waals surface area contributed by atoms with Crippen molar-refractivity contribution in [2.24, 2.45) is 0 Å². The van der Waals surface area contributed by atoms with Crippen LogP contribution in [-0.4, -0.2) is 52.5 Å². The minimum atomic E-state index is -3.73. The van der Waals surface area contributed by atoms with Crippen LogP contribution in [0.2, 0.25) is 0 Å². The number of hydrogen-bond donors (Lipinski definition) is 4. The molecular formula is C23H26F2N6O4S. The lowest BCUT2D eigenvalue weighted by Crippen LogP contribution is -2.43. The third kappa shape index (κ3) is 4.20. The zero-order chi connectivity index (χ0) is 25.5. The molecule has 3 heterocycles. The number of aliphatic hydroxyl groups is 2. The summed E-state index contributed by atoms with van der Waals surface area (Å²) in [5.74, 6) is -3.43. The summed E-state index contributed by atoms with van der Waals surface area (Å²) in [4.78, 5) is 12.4. The quantitative estimate of drug-likeness (QED) is 0.353. The van der Waals surface area contributed by atoms with E-state index in [0.717, 1.165) is 6.42 Å². The topological polar surface area (TPSA) is 148 Å². The number of aromatic nitrogens is 4. The number of nitrogens with one attached hydrogen (secondary N) is 1. The summed E-state index contributed by atoms with van der Waals surface area (Å²) in [6, 6.07) is 5.86. The van der Waals surface area contributed by atoms with E-state index in [4.69, 9.17) is 10.5 Å². The third-order valence-electron chi connectivity index (χ3n) is 6.72. The zero-order valence-electron chi connectivity index (χ0n) is 19.1. The molecule has 0 spiro atoms. The Bertz CT molecular complexity index is 1320. The molecule has 0 bridgehead atoms. The molecule has 36 heavy (non-hydrogen) atoms. The molecule has 192 valence electrons. The number of imidazole rings is 1. The first-order chi connectivity index (χ1) is 17.2. The Labute approximate surface area is 207 Å². The number of aliphatic hydroxyl groups excluding tert-OH is 1. The number of nitrogens with two attached hydrogens (primary N) is 1. The molecule has 0 amide bonds. The van der Waals surface area contributed by atoms with Crippen LogP contribution in [0.5, 0.6) is 0 Å². The van der Waals surface area contributed by atoms with Crippen molar-refractivity contribution < 1.29 is 27.9 Å². The van der Waals surface area contributed by atoms with Crippen LogP contribution in [0.25, 0.3) is 11.2 Å². The van der Waals surface area contributed by atoms with Crippen molar-refractivity contribution >= 4 is 28.0 Å². The monoisotopic (exact) mass is 520 g/mol. The number of nitrogen functional groups attached to an aromatic ring is 1. The van der Waals surface area contributed by atoms with Crippen LogP contribution < -0.4 is 10.5 Å². The van der Waals surface area contributed by atoms with Gasteiger partial charge in [-0.25, -0.2) is 23.9 Å². The van der Waals surface area contributed by atoms with Crippen molar-refractivity contribution in [1.82, 2.24) is 24.2 Å². The molecule has 13 heteroatoms. The Kier molecular flexibility index (Phi) is 6.59. The lowest BCUT2D eigenvalue weighted by molar-refractivity contribution is -0.225. The Hall–Kier alpha value is -2.84. The number of ether oxygens (including phenoxy) is 1. The predicted molar refractivity (Wildman–Crippen MR) is 128 cm³/mol. The first kappa shape index (κ1) is 24.8. The summed E-state index contributed by atoms with van der Waals surface area (Å²) in [7, 11) is -1.56. The first-order valence-electron chi connectivity index (χ1n) is 11.5. The van der Waals surface area contributed by atoms with E-state index in [2.05, 4.69) is 19.7 Å². The van der Waals surface area contributed by atoms with Crippen LogP contribution in [0, 0.1) is 0 Å². The van der Waals surface area contributed by atoms with Gasteiger partial charge in [0.15, 0.2) is 17.1 Å². The first-order valence-corrected chi connectivity index (χ1v) is 12.7. The van der Waals surface area contributed by atoms with E-state index in [1.807, 2.05) is 0 Å². The molecule has 5 atom stereocenters. The van der Waals surface area contributed by atoms with Gasteiger partial charge in [0.2, 0.25) is 0 Å². The van der Waals surface area contributed by atoms with E-state index in [9.17, 15) is 23.2 Å². The zero-order valence-corrected chi connectivity index (χ0v) is 19.9. The fraction of sp³-hybridized carbons (Fsp3) is 0.435. The lowest BCUT2D eigenvalue weighted by Gasteiger charge is -2.31. The van der Waals surface area contributed by atoms with Gasteiger partial charge in [0, 0.05) is 12.0 Å². The number of benzene rings is 1. The molecule has 1 aromatic carbocycles. The average Bonchev–Trinajstić information content (AvgIpc) is 3.55.